The van der Waals surface area contributed by atoms with Gasteiger partial charge in [-0.1, -0.05) is 0 Å². The molecule has 0 amide bonds. The number of aliphatic hydroxyl groups excluding tert-OH is 3. The van der Waals surface area contributed by atoms with E-state index in [1.165, 1.54) is 24.3 Å². The zero-order valence-electron chi connectivity index (χ0n) is 11.1. The molecular formula is C15H16O6. The molecule has 0 radical (unpaired) electrons. The topological polar surface area (TPSA) is 110 Å². The fraction of sp³-hybridized carbons (Fsp3) is 0.333. The van der Waals surface area contributed by atoms with Gasteiger partial charge in [-0.2, -0.15) is 0 Å². The van der Waals surface area contributed by atoms with Crippen LogP contribution in [0.4, 0.5) is 0 Å². The molecule has 1 unspecified atom stereocenters. The molecule has 6 heteroatoms. The summed E-state index contributed by atoms with van der Waals surface area (Å²) in [7, 11) is 0. The lowest BCUT2D eigenvalue weighted by atomic mass is 9.86. The van der Waals surface area contributed by atoms with Crippen LogP contribution >= 0.6 is 0 Å². The Balaban J connectivity index is 1.89. The monoisotopic (exact) mass is 292 g/mol. The number of hydrogen-bond donors (Lipinski definition) is 5. The maximum Gasteiger partial charge on any atom is 0.153 e. The van der Waals surface area contributed by atoms with Crippen LogP contribution in [0.25, 0.3) is 0 Å². The van der Waals surface area contributed by atoms with Crippen molar-refractivity contribution in [2.24, 2.45) is 5.92 Å². The van der Waals surface area contributed by atoms with E-state index in [0.29, 0.717) is 17.7 Å². The molecule has 0 aromatic heterocycles. The van der Waals surface area contributed by atoms with E-state index in [9.17, 15) is 25.5 Å². The van der Waals surface area contributed by atoms with Crippen molar-refractivity contribution in [1.82, 2.24) is 0 Å². The highest BCUT2D eigenvalue weighted by Crippen LogP contribution is 2.40. The van der Waals surface area contributed by atoms with Crippen LogP contribution in [0, 0.1) is 5.92 Å². The van der Waals surface area contributed by atoms with E-state index in [0.717, 1.165) is 0 Å². The molecule has 1 aliphatic heterocycles. The Labute approximate surface area is 120 Å². The third-order valence-electron chi connectivity index (χ3n) is 3.87. The largest absolute Gasteiger partial charge is 0.508 e. The Hall–Kier alpha value is -2.34. The summed E-state index contributed by atoms with van der Waals surface area (Å²) in [5.74, 6) is -0.676. The van der Waals surface area contributed by atoms with Gasteiger partial charge in [0, 0.05) is 30.0 Å². The molecule has 2 aliphatic rings. The number of phenolic OH excluding ortho intramolecular Hbond substituents is 2. The van der Waals surface area contributed by atoms with Crippen LogP contribution in [-0.4, -0.2) is 37.7 Å². The highest BCUT2D eigenvalue weighted by Gasteiger charge is 2.36. The van der Waals surface area contributed by atoms with E-state index in [1.54, 1.807) is 0 Å². The number of hydrogen-bond acceptors (Lipinski definition) is 6. The third kappa shape index (κ3) is 2.38. The van der Waals surface area contributed by atoms with E-state index in [2.05, 4.69) is 0 Å². The number of ether oxygens (including phenoxy) is 1. The molecule has 0 spiro atoms. The summed E-state index contributed by atoms with van der Waals surface area (Å²) in [6.07, 6.45) is 2.01. The molecule has 6 nitrogen and oxygen atoms in total. The quantitative estimate of drug-likeness (QED) is 0.538. The van der Waals surface area contributed by atoms with Gasteiger partial charge in [0.2, 0.25) is 0 Å². The number of fused-ring (bicyclic) bond motifs is 1. The first-order valence-electron chi connectivity index (χ1n) is 6.65. The van der Waals surface area contributed by atoms with Gasteiger partial charge in [-0.25, -0.2) is 0 Å². The minimum Gasteiger partial charge on any atom is -0.508 e. The van der Waals surface area contributed by atoms with Crippen LogP contribution in [0.15, 0.2) is 35.8 Å². The number of allylic oxidation sites excluding steroid dienone is 1. The van der Waals surface area contributed by atoms with Crippen LogP contribution in [0.3, 0.4) is 0 Å². The van der Waals surface area contributed by atoms with Gasteiger partial charge in [0.05, 0.1) is 6.10 Å². The smallest absolute Gasteiger partial charge is 0.153 e. The molecule has 0 saturated heterocycles. The maximum absolute atomic E-state index is 10.2. The van der Waals surface area contributed by atoms with Crippen molar-refractivity contribution in [1.29, 1.82) is 0 Å². The molecule has 0 bridgehead atoms. The van der Waals surface area contributed by atoms with Crippen LogP contribution in [0.2, 0.25) is 0 Å². The summed E-state index contributed by atoms with van der Waals surface area (Å²) in [4.78, 5) is 0. The maximum atomic E-state index is 10.2. The number of benzene rings is 1. The lowest BCUT2D eigenvalue weighted by Gasteiger charge is -2.35. The van der Waals surface area contributed by atoms with Gasteiger partial charge in [-0.05, 0) is 18.6 Å². The van der Waals surface area contributed by atoms with Gasteiger partial charge < -0.3 is 30.3 Å². The SMILES string of the molecule is OC1=CCC([C@H]2Oc3cc(O)cc(O)c3C[C@@H]2O)C=C1O. The summed E-state index contributed by atoms with van der Waals surface area (Å²) in [5, 5.41) is 48.5. The van der Waals surface area contributed by atoms with Crippen molar-refractivity contribution in [2.45, 2.75) is 25.0 Å². The predicted octanol–water partition coefficient (Wildman–Crippen LogP) is 1.67. The minimum atomic E-state index is -0.865. The number of aromatic hydroxyl groups is 2. The number of rotatable bonds is 1. The molecule has 0 fully saturated rings. The molecule has 1 aliphatic carbocycles. The van der Waals surface area contributed by atoms with E-state index in [-0.39, 0.29) is 35.4 Å². The molecule has 1 aromatic carbocycles. The van der Waals surface area contributed by atoms with Gasteiger partial charge in [0.15, 0.2) is 11.5 Å². The Bertz CT molecular complexity index is 633. The van der Waals surface area contributed by atoms with E-state index < -0.39 is 12.2 Å². The lowest BCUT2D eigenvalue weighted by Crippen LogP contribution is -2.42. The van der Waals surface area contributed by atoms with Crippen LogP contribution in [-0.2, 0) is 6.42 Å². The molecule has 0 saturated carbocycles. The van der Waals surface area contributed by atoms with Crippen molar-refractivity contribution in [3.8, 4) is 17.2 Å². The molecular weight excluding hydrogens is 276 g/mol. The first kappa shape index (κ1) is 13.6. The second-order valence-electron chi connectivity index (χ2n) is 5.34. The highest BCUT2D eigenvalue weighted by molar-refractivity contribution is 5.51. The Morgan fingerprint density at radius 1 is 1.05 bits per heavy atom. The van der Waals surface area contributed by atoms with Crippen LogP contribution < -0.4 is 4.74 Å². The summed E-state index contributed by atoms with van der Waals surface area (Å²) in [6.45, 7) is 0. The predicted molar refractivity (Wildman–Crippen MR) is 73.4 cm³/mol. The van der Waals surface area contributed by atoms with Gasteiger partial charge >= 0.3 is 0 Å². The molecule has 1 aromatic rings. The lowest BCUT2D eigenvalue weighted by molar-refractivity contribution is -0.00315. The minimum absolute atomic E-state index is 0.123. The molecule has 5 N–H and O–H groups in total. The molecule has 1 heterocycles. The Morgan fingerprint density at radius 3 is 2.52 bits per heavy atom. The average molecular weight is 292 g/mol. The van der Waals surface area contributed by atoms with Crippen molar-refractivity contribution in [3.63, 3.8) is 0 Å². The van der Waals surface area contributed by atoms with Crippen molar-refractivity contribution >= 4 is 0 Å². The fourth-order valence-electron chi connectivity index (χ4n) is 2.79. The molecule has 3 rings (SSSR count). The highest BCUT2D eigenvalue weighted by atomic mass is 16.5. The second-order valence-corrected chi connectivity index (χ2v) is 5.34. The summed E-state index contributed by atoms with van der Waals surface area (Å²) in [6, 6.07) is 2.58. The van der Waals surface area contributed by atoms with E-state index in [1.807, 2.05) is 0 Å². The Kier molecular flexibility index (Phi) is 3.17. The average Bonchev–Trinajstić information content (AvgIpc) is 2.42. The van der Waals surface area contributed by atoms with Crippen molar-refractivity contribution in [2.75, 3.05) is 0 Å². The molecule has 21 heavy (non-hydrogen) atoms. The Morgan fingerprint density at radius 2 is 1.81 bits per heavy atom. The van der Waals surface area contributed by atoms with Crippen LogP contribution in [0.5, 0.6) is 17.2 Å². The number of aliphatic hydroxyl groups is 3. The van der Waals surface area contributed by atoms with E-state index >= 15 is 0 Å². The molecule has 3 atom stereocenters. The zero-order valence-corrected chi connectivity index (χ0v) is 11.1. The third-order valence-corrected chi connectivity index (χ3v) is 3.87. The van der Waals surface area contributed by atoms with Crippen molar-refractivity contribution in [3.05, 3.63) is 41.4 Å². The molecule has 112 valence electrons. The summed E-state index contributed by atoms with van der Waals surface area (Å²) in [5.41, 5.74) is 0.443. The van der Waals surface area contributed by atoms with Gasteiger partial charge in [0.25, 0.3) is 0 Å². The normalized spacial score (nSPS) is 28.1. The van der Waals surface area contributed by atoms with Crippen molar-refractivity contribution < 1.29 is 30.3 Å². The van der Waals surface area contributed by atoms with Gasteiger partial charge in [0.1, 0.15) is 23.4 Å². The van der Waals surface area contributed by atoms with Gasteiger partial charge in [-0.15, -0.1) is 0 Å². The standard InChI is InChI=1S/C15H16O6/c16-8-4-11(18)9-6-13(20)15(21-14(9)5-8)7-1-2-10(17)12(19)3-7/h2-5,7,13,15-20H,1,6H2/t7?,13-,15+/m0/s1. The van der Waals surface area contributed by atoms with Gasteiger partial charge in [-0.3, -0.25) is 0 Å². The summed E-state index contributed by atoms with van der Waals surface area (Å²) >= 11 is 0. The summed E-state index contributed by atoms with van der Waals surface area (Å²) < 4.78 is 5.69. The first-order chi connectivity index (χ1) is 9.95. The van der Waals surface area contributed by atoms with E-state index in [4.69, 9.17) is 4.74 Å². The number of phenols is 2. The zero-order chi connectivity index (χ0) is 15.1. The van der Waals surface area contributed by atoms with Crippen LogP contribution in [0.1, 0.15) is 12.0 Å². The second kappa shape index (κ2) is 4.89. The first-order valence-corrected chi connectivity index (χ1v) is 6.65. The fourth-order valence-corrected chi connectivity index (χ4v) is 2.79.